The second-order valence-corrected chi connectivity index (χ2v) is 5.97. The molecule has 1 saturated heterocycles. The molecule has 1 aliphatic heterocycles. The largest absolute Gasteiger partial charge is 0.465 e. The number of aromatic nitrogens is 3. The molecule has 110 valence electrons. The van der Waals surface area contributed by atoms with E-state index in [1.54, 1.807) is 11.2 Å². The van der Waals surface area contributed by atoms with Crippen LogP contribution >= 0.6 is 0 Å². The topological polar surface area (TPSA) is 85.4 Å². The van der Waals surface area contributed by atoms with Crippen molar-refractivity contribution in [2.45, 2.75) is 25.3 Å². The lowest BCUT2D eigenvalue weighted by atomic mass is 10.1. The lowest BCUT2D eigenvalue weighted by Gasteiger charge is -2.41. The minimum Gasteiger partial charge on any atom is -0.465 e. The average molecular weight is 287 g/mol. The van der Waals surface area contributed by atoms with Crippen molar-refractivity contribution in [3.05, 3.63) is 18.1 Å². The van der Waals surface area contributed by atoms with E-state index in [4.69, 9.17) is 0 Å². The summed E-state index contributed by atoms with van der Waals surface area (Å²) < 4.78 is 0. The maximum atomic E-state index is 11.4. The fraction of sp³-hybridized carbons (Fsp3) is 0.500. The predicted molar refractivity (Wildman–Crippen MR) is 77.5 cm³/mol. The van der Waals surface area contributed by atoms with Gasteiger partial charge in [0.15, 0.2) is 0 Å². The van der Waals surface area contributed by atoms with Crippen LogP contribution < -0.4 is 4.90 Å². The van der Waals surface area contributed by atoms with Gasteiger partial charge in [-0.15, -0.1) is 0 Å². The molecule has 1 spiro atoms. The Morgan fingerprint density at radius 1 is 1.38 bits per heavy atom. The van der Waals surface area contributed by atoms with E-state index in [9.17, 15) is 9.90 Å². The number of piperazine rings is 1. The highest BCUT2D eigenvalue weighted by molar-refractivity contribution is 5.90. The van der Waals surface area contributed by atoms with Crippen LogP contribution in [0.25, 0.3) is 11.0 Å². The third-order valence-corrected chi connectivity index (χ3v) is 4.66. The number of hydrogen-bond acceptors (Lipinski definition) is 4. The first-order valence-electron chi connectivity index (χ1n) is 7.15. The van der Waals surface area contributed by atoms with Gasteiger partial charge in [0, 0.05) is 25.8 Å². The molecule has 0 aromatic carbocycles. The third kappa shape index (κ3) is 1.76. The number of carbonyl (C=O) groups is 1. The molecule has 1 aliphatic carbocycles. The van der Waals surface area contributed by atoms with Crippen molar-refractivity contribution in [2.24, 2.45) is 0 Å². The van der Waals surface area contributed by atoms with Gasteiger partial charge in [0.2, 0.25) is 0 Å². The molecule has 3 heterocycles. The first kappa shape index (κ1) is 12.4. The summed E-state index contributed by atoms with van der Waals surface area (Å²) in [5, 5.41) is 10.4. The summed E-state index contributed by atoms with van der Waals surface area (Å²) in [5.41, 5.74) is 1.75. The molecule has 1 amide bonds. The van der Waals surface area contributed by atoms with Gasteiger partial charge in [0.05, 0.1) is 10.9 Å². The van der Waals surface area contributed by atoms with Crippen molar-refractivity contribution >= 4 is 22.9 Å². The Hall–Kier alpha value is -2.31. The highest BCUT2D eigenvalue weighted by atomic mass is 16.4. The van der Waals surface area contributed by atoms with E-state index < -0.39 is 6.09 Å². The molecular weight excluding hydrogens is 270 g/mol. The molecule has 2 fully saturated rings. The Morgan fingerprint density at radius 3 is 2.90 bits per heavy atom. The van der Waals surface area contributed by atoms with E-state index in [1.165, 1.54) is 0 Å². The van der Waals surface area contributed by atoms with Gasteiger partial charge in [-0.1, -0.05) is 0 Å². The first-order valence-corrected chi connectivity index (χ1v) is 7.15. The minimum absolute atomic E-state index is 0.203. The maximum absolute atomic E-state index is 11.4. The Labute approximate surface area is 121 Å². The number of fused-ring (bicyclic) bond motifs is 1. The van der Waals surface area contributed by atoms with Crippen LogP contribution in [0.1, 0.15) is 18.4 Å². The molecule has 2 aromatic heterocycles. The smallest absolute Gasteiger partial charge is 0.407 e. The van der Waals surface area contributed by atoms with Crippen molar-refractivity contribution in [3.8, 4) is 0 Å². The summed E-state index contributed by atoms with van der Waals surface area (Å²) in [6, 6.07) is 0. The second kappa shape index (κ2) is 4.09. The number of carboxylic acid groups (broad SMARTS) is 1. The van der Waals surface area contributed by atoms with Gasteiger partial charge in [-0.05, 0) is 25.3 Å². The molecule has 7 nitrogen and oxygen atoms in total. The normalized spacial score (nSPS) is 20.2. The molecule has 0 atom stereocenters. The lowest BCUT2D eigenvalue weighted by Crippen LogP contribution is -2.57. The number of aryl methyl sites for hydroxylation is 1. The van der Waals surface area contributed by atoms with E-state index in [0.29, 0.717) is 13.1 Å². The van der Waals surface area contributed by atoms with Crippen molar-refractivity contribution in [3.63, 3.8) is 0 Å². The number of hydrogen-bond donors (Lipinski definition) is 2. The summed E-state index contributed by atoms with van der Waals surface area (Å²) in [5.74, 6) is 0.912. The number of rotatable bonds is 1. The third-order valence-electron chi connectivity index (χ3n) is 4.66. The van der Waals surface area contributed by atoms with Crippen LogP contribution in [-0.4, -0.2) is 56.2 Å². The van der Waals surface area contributed by atoms with Gasteiger partial charge in [-0.3, -0.25) is 4.90 Å². The van der Waals surface area contributed by atoms with E-state index in [2.05, 4.69) is 19.9 Å². The molecule has 0 unspecified atom stereocenters. The van der Waals surface area contributed by atoms with Crippen LogP contribution in [-0.2, 0) is 0 Å². The zero-order valence-corrected chi connectivity index (χ0v) is 11.8. The van der Waals surface area contributed by atoms with Gasteiger partial charge in [-0.25, -0.2) is 14.8 Å². The van der Waals surface area contributed by atoms with Crippen LogP contribution in [0, 0.1) is 6.92 Å². The molecule has 2 aliphatic rings. The van der Waals surface area contributed by atoms with Crippen molar-refractivity contribution in [2.75, 3.05) is 24.5 Å². The van der Waals surface area contributed by atoms with Crippen LogP contribution in [0.2, 0.25) is 0 Å². The highest BCUT2D eigenvalue weighted by Gasteiger charge is 2.53. The van der Waals surface area contributed by atoms with Crippen LogP contribution in [0.5, 0.6) is 0 Å². The molecule has 1 saturated carbocycles. The number of nitrogens with one attached hydrogen (secondary N) is 1. The van der Waals surface area contributed by atoms with Crippen LogP contribution in [0.3, 0.4) is 0 Å². The quantitative estimate of drug-likeness (QED) is 0.832. The summed E-state index contributed by atoms with van der Waals surface area (Å²) in [6.07, 6.45) is 4.57. The van der Waals surface area contributed by atoms with E-state index in [-0.39, 0.29) is 5.54 Å². The summed E-state index contributed by atoms with van der Waals surface area (Å²) in [4.78, 5) is 27.0. The lowest BCUT2D eigenvalue weighted by molar-refractivity contribution is 0.110. The van der Waals surface area contributed by atoms with Gasteiger partial charge >= 0.3 is 6.09 Å². The fourth-order valence-corrected chi connectivity index (χ4v) is 3.37. The molecule has 7 heteroatoms. The molecular formula is C14H17N5O2. The SMILES string of the molecule is Cc1c[nH]c2ncnc(N3CCN(C(=O)O)C4(CC4)C3)c12. The van der Waals surface area contributed by atoms with Crippen molar-refractivity contribution < 1.29 is 9.90 Å². The van der Waals surface area contributed by atoms with E-state index in [0.717, 1.165) is 41.8 Å². The molecule has 21 heavy (non-hydrogen) atoms. The van der Waals surface area contributed by atoms with Crippen LogP contribution in [0.4, 0.5) is 10.6 Å². The van der Waals surface area contributed by atoms with Crippen molar-refractivity contribution in [1.29, 1.82) is 0 Å². The van der Waals surface area contributed by atoms with Gasteiger partial charge in [-0.2, -0.15) is 0 Å². The summed E-state index contributed by atoms with van der Waals surface area (Å²) in [7, 11) is 0. The number of H-pyrrole nitrogens is 1. The van der Waals surface area contributed by atoms with Crippen LogP contribution in [0.15, 0.2) is 12.5 Å². The first-order chi connectivity index (χ1) is 10.1. The summed E-state index contributed by atoms with van der Waals surface area (Å²) in [6.45, 7) is 3.96. The second-order valence-electron chi connectivity index (χ2n) is 5.97. The monoisotopic (exact) mass is 287 g/mol. The van der Waals surface area contributed by atoms with E-state index >= 15 is 0 Å². The van der Waals surface area contributed by atoms with Gasteiger partial charge in [0.1, 0.15) is 17.8 Å². The minimum atomic E-state index is -0.808. The Kier molecular flexibility index (Phi) is 2.42. The number of amides is 1. The molecule has 0 radical (unpaired) electrons. The van der Waals surface area contributed by atoms with Gasteiger partial charge < -0.3 is 15.0 Å². The molecule has 0 bridgehead atoms. The Morgan fingerprint density at radius 2 is 2.19 bits per heavy atom. The predicted octanol–water partition coefficient (Wildman–Crippen LogP) is 1.60. The summed E-state index contributed by atoms with van der Waals surface area (Å²) >= 11 is 0. The van der Waals surface area contributed by atoms with Crippen molar-refractivity contribution in [1.82, 2.24) is 19.9 Å². The molecule has 2 N–H and O–H groups in total. The number of nitrogens with zero attached hydrogens (tertiary/aromatic N) is 4. The number of anilines is 1. The fourth-order valence-electron chi connectivity index (χ4n) is 3.37. The standard InChI is InChI=1S/C14H17N5O2/c1-9-6-15-11-10(9)12(17-8-16-11)18-4-5-19(13(20)21)14(7-18)2-3-14/h6,8H,2-5,7H2,1H3,(H,20,21)(H,15,16,17). The maximum Gasteiger partial charge on any atom is 0.407 e. The highest BCUT2D eigenvalue weighted by Crippen LogP contribution is 2.45. The number of aromatic amines is 1. The average Bonchev–Trinajstić information content (AvgIpc) is 3.12. The molecule has 4 rings (SSSR count). The Balaban J connectivity index is 1.71. The zero-order chi connectivity index (χ0) is 14.6. The zero-order valence-electron chi connectivity index (χ0n) is 11.8. The Bertz CT molecular complexity index is 721. The van der Waals surface area contributed by atoms with Gasteiger partial charge in [0.25, 0.3) is 0 Å². The van der Waals surface area contributed by atoms with E-state index in [1.807, 2.05) is 13.1 Å². The molecule has 2 aromatic rings.